The van der Waals surface area contributed by atoms with E-state index in [2.05, 4.69) is 5.32 Å². The lowest BCUT2D eigenvalue weighted by Gasteiger charge is -2.45. The smallest absolute Gasteiger partial charge is 0.410 e. The Labute approximate surface area is 123 Å². The van der Waals surface area contributed by atoms with Crippen LogP contribution in [0.5, 0.6) is 0 Å². The highest BCUT2D eigenvalue weighted by atomic mass is 16.6. The zero-order valence-electron chi connectivity index (χ0n) is 11.8. The van der Waals surface area contributed by atoms with E-state index in [1.54, 1.807) is 4.90 Å². The van der Waals surface area contributed by atoms with Crippen LogP contribution in [0.1, 0.15) is 31.2 Å². The summed E-state index contributed by atoms with van der Waals surface area (Å²) in [6.07, 6.45) is 4.00. The first-order valence-electron chi connectivity index (χ1n) is 7.56. The van der Waals surface area contributed by atoms with Crippen molar-refractivity contribution in [2.24, 2.45) is 0 Å². The largest absolute Gasteiger partial charge is 0.446 e. The van der Waals surface area contributed by atoms with Gasteiger partial charge in [0.15, 0.2) is 0 Å². The molecule has 2 aliphatic heterocycles. The van der Waals surface area contributed by atoms with Gasteiger partial charge in [-0.25, -0.2) is 4.79 Å². The van der Waals surface area contributed by atoms with Gasteiger partial charge in [0.2, 0.25) is 5.91 Å². The van der Waals surface area contributed by atoms with Crippen molar-refractivity contribution in [1.82, 2.24) is 4.90 Å². The van der Waals surface area contributed by atoms with Gasteiger partial charge in [-0.3, -0.25) is 4.79 Å². The van der Waals surface area contributed by atoms with E-state index in [1.165, 1.54) is 0 Å². The van der Waals surface area contributed by atoms with Gasteiger partial charge in [0.05, 0.1) is 0 Å². The zero-order valence-corrected chi connectivity index (χ0v) is 11.8. The number of para-hydroxylation sites is 1. The molecule has 3 aliphatic rings. The van der Waals surface area contributed by atoms with Crippen LogP contribution in [-0.2, 0) is 14.9 Å². The third-order valence-corrected chi connectivity index (χ3v) is 4.87. The molecule has 0 aromatic heterocycles. The van der Waals surface area contributed by atoms with Gasteiger partial charge in [0.1, 0.15) is 11.5 Å². The first-order chi connectivity index (χ1) is 10.2. The minimum absolute atomic E-state index is 0.00591. The second-order valence-corrected chi connectivity index (χ2v) is 6.23. The summed E-state index contributed by atoms with van der Waals surface area (Å²) in [5.41, 5.74) is 1.30. The van der Waals surface area contributed by atoms with Crippen LogP contribution >= 0.6 is 0 Å². The van der Waals surface area contributed by atoms with Crippen LogP contribution < -0.4 is 5.32 Å². The van der Waals surface area contributed by atoms with E-state index < -0.39 is 5.41 Å². The highest BCUT2D eigenvalue weighted by Crippen LogP contribution is 2.44. The van der Waals surface area contributed by atoms with Crippen molar-refractivity contribution in [3.05, 3.63) is 29.8 Å². The summed E-state index contributed by atoms with van der Waals surface area (Å²) in [6.45, 7) is 0.836. The van der Waals surface area contributed by atoms with Crippen molar-refractivity contribution in [1.29, 1.82) is 0 Å². The number of hydrogen-bond donors (Lipinski definition) is 1. The second kappa shape index (κ2) is 4.48. The van der Waals surface area contributed by atoms with E-state index in [4.69, 9.17) is 4.74 Å². The molecule has 5 heteroatoms. The topological polar surface area (TPSA) is 58.6 Å². The van der Waals surface area contributed by atoms with E-state index in [0.29, 0.717) is 13.1 Å². The Morgan fingerprint density at radius 1 is 1.24 bits per heavy atom. The summed E-state index contributed by atoms with van der Waals surface area (Å²) >= 11 is 0. The van der Waals surface area contributed by atoms with Gasteiger partial charge in [-0.2, -0.15) is 0 Å². The number of rotatable bonds is 1. The maximum absolute atomic E-state index is 12.3. The molecule has 21 heavy (non-hydrogen) atoms. The lowest BCUT2D eigenvalue weighted by molar-refractivity contribution is -0.126. The number of anilines is 1. The number of hydrogen-bond acceptors (Lipinski definition) is 3. The Bertz CT molecular complexity index is 601. The van der Waals surface area contributed by atoms with Crippen LogP contribution in [0.3, 0.4) is 0 Å². The summed E-state index contributed by atoms with van der Waals surface area (Å²) in [5, 5.41) is 2.91. The summed E-state index contributed by atoms with van der Waals surface area (Å²) in [7, 11) is 0. The summed E-state index contributed by atoms with van der Waals surface area (Å²) < 4.78 is 5.50. The number of amides is 2. The van der Waals surface area contributed by atoms with E-state index >= 15 is 0 Å². The molecular formula is C16H18N2O3. The van der Waals surface area contributed by atoms with Crippen molar-refractivity contribution in [2.45, 2.75) is 37.2 Å². The zero-order chi connectivity index (χ0) is 14.4. The highest BCUT2D eigenvalue weighted by molar-refractivity contribution is 6.08. The minimum atomic E-state index is -0.564. The SMILES string of the molecule is O=C(OC1CCCC1)N1CC2(C1)C(=O)Nc1ccccc12. The van der Waals surface area contributed by atoms with Gasteiger partial charge in [-0.15, -0.1) is 0 Å². The van der Waals surface area contributed by atoms with Gasteiger partial charge in [-0.05, 0) is 37.3 Å². The number of fused-ring (bicyclic) bond motifs is 2. The van der Waals surface area contributed by atoms with Crippen LogP contribution in [0.4, 0.5) is 10.5 Å². The van der Waals surface area contributed by atoms with Crippen molar-refractivity contribution in [3.63, 3.8) is 0 Å². The molecule has 0 atom stereocenters. The maximum atomic E-state index is 12.3. The van der Waals surface area contributed by atoms with Crippen molar-refractivity contribution in [2.75, 3.05) is 18.4 Å². The number of benzene rings is 1. The number of nitrogens with zero attached hydrogens (tertiary/aromatic N) is 1. The Morgan fingerprint density at radius 3 is 2.71 bits per heavy atom. The lowest BCUT2D eigenvalue weighted by atomic mass is 9.75. The van der Waals surface area contributed by atoms with E-state index in [-0.39, 0.29) is 18.1 Å². The van der Waals surface area contributed by atoms with Gasteiger partial charge in [-0.1, -0.05) is 18.2 Å². The first kappa shape index (κ1) is 12.7. The summed E-state index contributed by atoms with van der Waals surface area (Å²) in [6, 6.07) is 7.71. The molecule has 2 amide bonds. The Hall–Kier alpha value is -2.04. The molecule has 1 aromatic rings. The molecule has 1 N–H and O–H groups in total. The molecule has 5 nitrogen and oxygen atoms in total. The molecule has 2 heterocycles. The van der Waals surface area contributed by atoms with E-state index in [9.17, 15) is 9.59 Å². The van der Waals surface area contributed by atoms with Crippen LogP contribution in [-0.4, -0.2) is 36.1 Å². The number of carbonyl (C=O) groups excluding carboxylic acids is 2. The van der Waals surface area contributed by atoms with Gasteiger partial charge >= 0.3 is 6.09 Å². The monoisotopic (exact) mass is 286 g/mol. The third kappa shape index (κ3) is 1.83. The highest BCUT2D eigenvalue weighted by Gasteiger charge is 2.57. The number of nitrogens with one attached hydrogen (secondary N) is 1. The average Bonchev–Trinajstić information content (AvgIpc) is 3.01. The summed E-state index contributed by atoms with van der Waals surface area (Å²) in [5.74, 6) is -0.00591. The van der Waals surface area contributed by atoms with Gasteiger partial charge in [0.25, 0.3) is 0 Å². The molecule has 0 unspecified atom stereocenters. The fourth-order valence-corrected chi connectivity index (χ4v) is 3.65. The molecule has 1 aliphatic carbocycles. The van der Waals surface area contributed by atoms with Gasteiger partial charge < -0.3 is 15.0 Å². The Morgan fingerprint density at radius 2 is 1.95 bits per heavy atom. The predicted octanol–water partition coefficient (Wildman–Crippen LogP) is 2.27. The first-order valence-corrected chi connectivity index (χ1v) is 7.56. The van der Waals surface area contributed by atoms with Crippen molar-refractivity contribution in [3.8, 4) is 0 Å². The molecular weight excluding hydrogens is 268 g/mol. The molecule has 1 aromatic carbocycles. The normalized spacial score (nSPS) is 22.9. The van der Waals surface area contributed by atoms with E-state index in [1.807, 2.05) is 24.3 Å². The fraction of sp³-hybridized carbons (Fsp3) is 0.500. The standard InChI is InChI=1S/C16H18N2O3/c19-14-16(12-7-3-4-8-13(12)17-14)9-18(10-16)15(20)21-11-5-1-2-6-11/h3-4,7-8,11H,1-2,5-6,9-10H2,(H,17,19). The molecule has 2 fully saturated rings. The predicted molar refractivity (Wildman–Crippen MR) is 77.1 cm³/mol. The molecule has 0 bridgehead atoms. The summed E-state index contributed by atoms with van der Waals surface area (Å²) in [4.78, 5) is 26.0. The van der Waals surface area contributed by atoms with Crippen LogP contribution in [0.25, 0.3) is 0 Å². The second-order valence-electron chi connectivity index (χ2n) is 6.23. The van der Waals surface area contributed by atoms with Crippen LogP contribution in [0.2, 0.25) is 0 Å². The van der Waals surface area contributed by atoms with Crippen molar-refractivity contribution >= 4 is 17.7 Å². The van der Waals surface area contributed by atoms with E-state index in [0.717, 1.165) is 36.9 Å². The lowest BCUT2D eigenvalue weighted by Crippen LogP contribution is -2.64. The molecule has 1 spiro atoms. The molecule has 4 rings (SSSR count). The average molecular weight is 286 g/mol. The molecule has 0 radical (unpaired) electrons. The maximum Gasteiger partial charge on any atom is 0.410 e. The van der Waals surface area contributed by atoms with Crippen LogP contribution in [0, 0.1) is 0 Å². The number of ether oxygens (including phenoxy) is 1. The fourth-order valence-electron chi connectivity index (χ4n) is 3.65. The quantitative estimate of drug-likeness (QED) is 0.861. The van der Waals surface area contributed by atoms with Crippen LogP contribution in [0.15, 0.2) is 24.3 Å². The molecule has 1 saturated carbocycles. The molecule has 1 saturated heterocycles. The van der Waals surface area contributed by atoms with Crippen molar-refractivity contribution < 1.29 is 14.3 Å². The Kier molecular flexibility index (Phi) is 2.71. The molecule has 110 valence electrons. The number of likely N-dealkylation sites (tertiary alicyclic amines) is 1. The Balaban J connectivity index is 1.46. The minimum Gasteiger partial charge on any atom is -0.446 e. The number of carbonyl (C=O) groups is 2. The third-order valence-electron chi connectivity index (χ3n) is 4.87. The van der Waals surface area contributed by atoms with Gasteiger partial charge in [0, 0.05) is 18.8 Å².